The van der Waals surface area contributed by atoms with E-state index in [-0.39, 0.29) is 5.91 Å². The van der Waals surface area contributed by atoms with Crippen molar-refractivity contribution in [2.45, 2.75) is 26.3 Å². The zero-order valence-corrected chi connectivity index (χ0v) is 15.7. The van der Waals surface area contributed by atoms with E-state index in [4.69, 9.17) is 0 Å². The van der Waals surface area contributed by atoms with Crippen LogP contribution in [0.15, 0.2) is 30.5 Å². The van der Waals surface area contributed by atoms with E-state index < -0.39 is 0 Å². The highest BCUT2D eigenvalue weighted by Crippen LogP contribution is 2.17. The summed E-state index contributed by atoms with van der Waals surface area (Å²) in [6.07, 6.45) is 3.75. The van der Waals surface area contributed by atoms with Crippen LogP contribution in [0.2, 0.25) is 0 Å². The molecular weight excluding hydrogens is 348 g/mol. The maximum absolute atomic E-state index is 12.8. The summed E-state index contributed by atoms with van der Waals surface area (Å²) in [5.41, 5.74) is 3.01. The Labute approximate surface area is 156 Å². The summed E-state index contributed by atoms with van der Waals surface area (Å²) in [7, 11) is 0. The fourth-order valence-electron chi connectivity index (χ4n) is 3.32. The van der Waals surface area contributed by atoms with Crippen LogP contribution in [-0.4, -0.2) is 61.1 Å². The fourth-order valence-corrected chi connectivity index (χ4v) is 4.00. The third kappa shape index (κ3) is 3.47. The van der Waals surface area contributed by atoms with Crippen molar-refractivity contribution in [3.8, 4) is 0 Å². The summed E-state index contributed by atoms with van der Waals surface area (Å²) < 4.78 is 5.88. The summed E-state index contributed by atoms with van der Waals surface area (Å²) in [4.78, 5) is 17.7. The number of amides is 1. The van der Waals surface area contributed by atoms with Gasteiger partial charge in [-0.2, -0.15) is 5.10 Å². The number of hydrogen-bond acceptors (Lipinski definition) is 6. The van der Waals surface area contributed by atoms with Gasteiger partial charge >= 0.3 is 0 Å². The highest BCUT2D eigenvalue weighted by molar-refractivity contribution is 7.08. The molecule has 7 nitrogen and oxygen atoms in total. The molecule has 0 aliphatic carbocycles. The number of hydrogen-bond donors (Lipinski definition) is 0. The van der Waals surface area contributed by atoms with Gasteiger partial charge in [0.1, 0.15) is 4.88 Å². The van der Waals surface area contributed by atoms with Crippen molar-refractivity contribution in [3.63, 3.8) is 0 Å². The number of carbonyl (C=O) groups is 1. The van der Waals surface area contributed by atoms with Gasteiger partial charge in [0.05, 0.1) is 16.9 Å². The summed E-state index contributed by atoms with van der Waals surface area (Å²) in [5.74, 6) is 0.0795. The van der Waals surface area contributed by atoms with E-state index in [0.717, 1.165) is 62.5 Å². The second-order valence-corrected chi connectivity index (χ2v) is 7.33. The van der Waals surface area contributed by atoms with Crippen molar-refractivity contribution < 1.29 is 4.79 Å². The highest BCUT2D eigenvalue weighted by Gasteiger charge is 2.26. The van der Waals surface area contributed by atoms with Gasteiger partial charge in [-0.05, 0) is 36.2 Å². The third-order valence-electron chi connectivity index (χ3n) is 4.70. The molecule has 1 aliphatic rings. The van der Waals surface area contributed by atoms with E-state index in [1.807, 2.05) is 27.7 Å². The number of pyridine rings is 1. The van der Waals surface area contributed by atoms with Gasteiger partial charge < -0.3 is 4.90 Å². The van der Waals surface area contributed by atoms with Gasteiger partial charge in [0, 0.05) is 38.9 Å². The minimum atomic E-state index is 0.0795. The van der Waals surface area contributed by atoms with Crippen LogP contribution in [0.5, 0.6) is 0 Å². The van der Waals surface area contributed by atoms with Crippen LogP contribution in [-0.2, 0) is 13.0 Å². The lowest BCUT2D eigenvalue weighted by atomic mass is 10.2. The number of piperazine rings is 1. The molecule has 0 N–H and O–H groups in total. The molecule has 0 saturated carbocycles. The Morgan fingerprint density at radius 1 is 1.23 bits per heavy atom. The first kappa shape index (κ1) is 17.1. The number of aryl methyl sites for hydroxylation is 1. The smallest absolute Gasteiger partial charge is 0.267 e. The quantitative estimate of drug-likeness (QED) is 0.688. The van der Waals surface area contributed by atoms with Crippen LogP contribution < -0.4 is 0 Å². The van der Waals surface area contributed by atoms with Crippen molar-refractivity contribution >= 4 is 23.0 Å². The van der Waals surface area contributed by atoms with E-state index >= 15 is 0 Å². The molecule has 26 heavy (non-hydrogen) atoms. The largest absolute Gasteiger partial charge is 0.335 e. The molecule has 136 valence electrons. The minimum absolute atomic E-state index is 0.0795. The number of rotatable bonds is 5. The molecule has 0 spiro atoms. The van der Waals surface area contributed by atoms with Crippen LogP contribution in [0, 0.1) is 0 Å². The molecule has 3 aromatic heterocycles. The Kier molecular flexibility index (Phi) is 4.94. The van der Waals surface area contributed by atoms with E-state index in [1.54, 1.807) is 0 Å². The Morgan fingerprint density at radius 2 is 2.08 bits per heavy atom. The first-order chi connectivity index (χ1) is 12.7. The zero-order valence-electron chi connectivity index (χ0n) is 14.8. The number of nitrogens with zero attached hydrogens (tertiary/aromatic N) is 6. The van der Waals surface area contributed by atoms with E-state index in [1.165, 1.54) is 11.5 Å². The van der Waals surface area contributed by atoms with Gasteiger partial charge in [0.2, 0.25) is 0 Å². The van der Waals surface area contributed by atoms with E-state index in [0.29, 0.717) is 4.88 Å². The molecule has 4 rings (SSSR count). The Bertz CT molecular complexity index is 863. The molecule has 0 radical (unpaired) electrons. The van der Waals surface area contributed by atoms with Gasteiger partial charge in [-0.1, -0.05) is 23.9 Å². The lowest BCUT2D eigenvalue weighted by Crippen LogP contribution is -2.48. The molecule has 0 bridgehead atoms. The van der Waals surface area contributed by atoms with Gasteiger partial charge in [-0.25, -0.2) is 4.52 Å². The first-order valence-electron chi connectivity index (χ1n) is 9.00. The number of carbonyl (C=O) groups excluding carboxylic acids is 1. The van der Waals surface area contributed by atoms with E-state index in [9.17, 15) is 4.79 Å². The topological polar surface area (TPSA) is 66.6 Å². The predicted octanol–water partition coefficient (Wildman–Crippen LogP) is 2.10. The van der Waals surface area contributed by atoms with Gasteiger partial charge in [-0.15, -0.1) is 5.10 Å². The molecule has 1 saturated heterocycles. The summed E-state index contributed by atoms with van der Waals surface area (Å²) >= 11 is 1.22. The number of aromatic nitrogens is 4. The normalized spacial score (nSPS) is 15.7. The summed E-state index contributed by atoms with van der Waals surface area (Å²) in [6.45, 7) is 6.08. The van der Waals surface area contributed by atoms with Crippen molar-refractivity contribution in [2.24, 2.45) is 0 Å². The average Bonchev–Trinajstić information content (AvgIpc) is 3.28. The molecule has 3 aromatic rings. The maximum atomic E-state index is 12.8. The van der Waals surface area contributed by atoms with Crippen LogP contribution in [0.1, 0.15) is 34.4 Å². The maximum Gasteiger partial charge on any atom is 0.267 e. The van der Waals surface area contributed by atoms with Crippen LogP contribution in [0.3, 0.4) is 0 Å². The van der Waals surface area contributed by atoms with Crippen molar-refractivity contribution in [1.29, 1.82) is 0 Å². The van der Waals surface area contributed by atoms with Crippen LogP contribution >= 0.6 is 11.5 Å². The SMILES string of the molecule is CCCc1nnsc1C(=O)N1CCN(Cc2cc3ccccn3n2)CC1. The Hall–Kier alpha value is -2.32. The second kappa shape index (κ2) is 7.51. The minimum Gasteiger partial charge on any atom is -0.335 e. The molecule has 1 fully saturated rings. The Morgan fingerprint density at radius 3 is 2.85 bits per heavy atom. The summed E-state index contributed by atoms with van der Waals surface area (Å²) in [5, 5.41) is 8.73. The summed E-state index contributed by atoms with van der Waals surface area (Å²) in [6, 6.07) is 8.18. The predicted molar refractivity (Wildman–Crippen MR) is 100 cm³/mol. The van der Waals surface area contributed by atoms with Crippen LogP contribution in [0.4, 0.5) is 0 Å². The molecule has 0 atom stereocenters. The van der Waals surface area contributed by atoms with E-state index in [2.05, 4.69) is 38.6 Å². The monoisotopic (exact) mass is 370 g/mol. The molecule has 1 aliphatic heterocycles. The molecular formula is C18H22N6OS. The third-order valence-corrected chi connectivity index (χ3v) is 5.46. The lowest BCUT2D eigenvalue weighted by Gasteiger charge is -2.34. The van der Waals surface area contributed by atoms with Crippen molar-refractivity contribution in [3.05, 3.63) is 46.7 Å². The molecule has 1 amide bonds. The van der Waals surface area contributed by atoms with Crippen molar-refractivity contribution in [2.75, 3.05) is 26.2 Å². The van der Waals surface area contributed by atoms with Gasteiger partial charge in [-0.3, -0.25) is 9.69 Å². The molecule has 8 heteroatoms. The van der Waals surface area contributed by atoms with Gasteiger partial charge in [0.15, 0.2) is 0 Å². The fraction of sp³-hybridized carbons (Fsp3) is 0.444. The lowest BCUT2D eigenvalue weighted by molar-refractivity contribution is 0.0630. The number of fused-ring (bicyclic) bond motifs is 1. The molecule has 0 aromatic carbocycles. The highest BCUT2D eigenvalue weighted by atomic mass is 32.1. The van der Waals surface area contributed by atoms with Gasteiger partial charge in [0.25, 0.3) is 5.91 Å². The Balaban J connectivity index is 1.36. The average molecular weight is 370 g/mol. The molecule has 4 heterocycles. The standard InChI is InChI=1S/C18H22N6OS/c1-2-5-16-17(26-21-19-16)18(25)23-10-8-22(9-11-23)13-14-12-15-6-3-4-7-24(15)20-14/h3-4,6-7,12H,2,5,8-11,13H2,1H3. The second-order valence-electron chi connectivity index (χ2n) is 6.57. The molecule has 0 unspecified atom stereocenters. The van der Waals surface area contributed by atoms with Crippen molar-refractivity contribution in [1.82, 2.24) is 29.0 Å². The first-order valence-corrected chi connectivity index (χ1v) is 9.78. The zero-order chi connectivity index (χ0) is 17.9. The van der Waals surface area contributed by atoms with Crippen LogP contribution in [0.25, 0.3) is 5.52 Å².